The van der Waals surface area contributed by atoms with Crippen LogP contribution in [0.4, 0.5) is 5.69 Å². The van der Waals surface area contributed by atoms with Crippen molar-refractivity contribution >= 4 is 5.69 Å². The zero-order chi connectivity index (χ0) is 14.4. The second-order valence-corrected chi connectivity index (χ2v) is 4.22. The van der Waals surface area contributed by atoms with Crippen molar-refractivity contribution < 1.29 is 4.74 Å². The molecule has 0 aliphatic heterocycles. The second-order valence-electron chi connectivity index (χ2n) is 4.22. The Balaban J connectivity index is 2.37. The predicted octanol–water partition coefficient (Wildman–Crippen LogP) is 3.05. The maximum Gasteiger partial charge on any atom is 0.174 e. The minimum atomic E-state index is -0.906. The number of hydrogen-bond acceptors (Lipinski definition) is 4. The van der Waals surface area contributed by atoms with Gasteiger partial charge in [-0.2, -0.15) is 10.5 Å². The van der Waals surface area contributed by atoms with Crippen LogP contribution >= 0.6 is 0 Å². The van der Waals surface area contributed by atoms with E-state index in [4.69, 9.17) is 21.0 Å². The Labute approximate surface area is 117 Å². The Kier molecular flexibility index (Phi) is 4.21. The summed E-state index contributed by atoms with van der Waals surface area (Å²) in [5.74, 6) is -0.436. The molecule has 2 aromatic carbocycles. The molecule has 0 bridgehead atoms. The summed E-state index contributed by atoms with van der Waals surface area (Å²) in [6.07, 6.45) is -0.670. The van der Waals surface area contributed by atoms with Crippen LogP contribution in [0, 0.1) is 28.6 Å². The fourth-order valence-corrected chi connectivity index (χ4v) is 1.86. The molecule has 0 radical (unpaired) electrons. The van der Waals surface area contributed by atoms with E-state index in [0.29, 0.717) is 11.4 Å². The summed E-state index contributed by atoms with van der Waals surface area (Å²) in [6, 6.07) is 20.1. The lowest BCUT2D eigenvalue weighted by molar-refractivity contribution is 0.185. The fraction of sp³-hybridized carbons (Fsp3) is 0.125. The van der Waals surface area contributed by atoms with Gasteiger partial charge in [0.05, 0.1) is 17.8 Å². The molecule has 20 heavy (non-hydrogen) atoms. The van der Waals surface area contributed by atoms with E-state index in [1.165, 1.54) is 0 Å². The largest absolute Gasteiger partial charge is 0.481 e. The van der Waals surface area contributed by atoms with Gasteiger partial charge in [-0.05, 0) is 17.7 Å². The molecule has 98 valence electrons. The van der Waals surface area contributed by atoms with Crippen molar-refractivity contribution in [3.05, 3.63) is 60.2 Å². The molecular formula is C16H13N3O. The lowest BCUT2D eigenvalue weighted by Crippen LogP contribution is -2.17. The number of ether oxygens (including phenoxy) is 1. The normalized spacial score (nSPS) is 11.3. The average molecular weight is 263 g/mol. The smallest absolute Gasteiger partial charge is 0.174 e. The van der Waals surface area contributed by atoms with Crippen molar-refractivity contribution in [1.82, 2.24) is 0 Å². The van der Waals surface area contributed by atoms with Crippen molar-refractivity contribution in [1.29, 1.82) is 10.5 Å². The van der Waals surface area contributed by atoms with Crippen LogP contribution in [0.5, 0.6) is 5.75 Å². The van der Waals surface area contributed by atoms with Gasteiger partial charge in [-0.1, -0.05) is 42.5 Å². The van der Waals surface area contributed by atoms with Gasteiger partial charge in [0.15, 0.2) is 12.0 Å². The third-order valence-corrected chi connectivity index (χ3v) is 2.88. The van der Waals surface area contributed by atoms with Crippen LogP contribution in [0.15, 0.2) is 54.6 Å². The summed E-state index contributed by atoms with van der Waals surface area (Å²) in [5, 5.41) is 18.2. The van der Waals surface area contributed by atoms with Gasteiger partial charge in [0.25, 0.3) is 0 Å². The summed E-state index contributed by atoms with van der Waals surface area (Å²) < 4.78 is 5.81. The van der Waals surface area contributed by atoms with Crippen LogP contribution in [0.2, 0.25) is 0 Å². The third kappa shape index (κ3) is 2.88. The minimum Gasteiger partial charge on any atom is -0.481 e. The number of para-hydroxylation sites is 2. The van der Waals surface area contributed by atoms with Gasteiger partial charge in [0, 0.05) is 0 Å². The van der Waals surface area contributed by atoms with E-state index in [9.17, 15) is 0 Å². The molecule has 2 rings (SSSR count). The molecule has 0 saturated carbocycles. The lowest BCUT2D eigenvalue weighted by atomic mass is 9.98. The molecule has 0 aliphatic rings. The number of nitrogens with two attached hydrogens (primary N) is 1. The van der Waals surface area contributed by atoms with E-state index < -0.39 is 12.0 Å². The monoisotopic (exact) mass is 263 g/mol. The molecule has 0 amide bonds. The van der Waals surface area contributed by atoms with E-state index in [1.54, 1.807) is 24.3 Å². The minimum absolute atomic E-state index is 0.469. The van der Waals surface area contributed by atoms with Crippen molar-refractivity contribution in [2.75, 3.05) is 5.73 Å². The second kappa shape index (κ2) is 6.26. The fourth-order valence-electron chi connectivity index (χ4n) is 1.86. The standard InChI is InChI=1S/C16H13N3O/c17-10-13(11-18)16(12-6-2-1-3-7-12)20-15-9-5-4-8-14(15)19/h1-9,13,16H,19H2. The van der Waals surface area contributed by atoms with Gasteiger partial charge in [-0.3, -0.25) is 0 Å². The zero-order valence-electron chi connectivity index (χ0n) is 10.7. The molecule has 0 aromatic heterocycles. The molecule has 2 aromatic rings. The van der Waals surface area contributed by atoms with Gasteiger partial charge in [0.2, 0.25) is 0 Å². The topological polar surface area (TPSA) is 82.8 Å². The molecule has 0 heterocycles. The number of nitrogen functional groups attached to an aromatic ring is 1. The first-order chi connectivity index (χ1) is 9.76. The van der Waals surface area contributed by atoms with Crippen molar-refractivity contribution in [2.45, 2.75) is 6.10 Å². The van der Waals surface area contributed by atoms with Crippen molar-refractivity contribution in [3.63, 3.8) is 0 Å². The van der Waals surface area contributed by atoms with Crippen LogP contribution in [0.1, 0.15) is 11.7 Å². The predicted molar refractivity (Wildman–Crippen MR) is 75.4 cm³/mol. The third-order valence-electron chi connectivity index (χ3n) is 2.88. The number of nitrogens with zero attached hydrogens (tertiary/aromatic N) is 2. The number of nitriles is 2. The maximum absolute atomic E-state index is 9.12. The van der Waals surface area contributed by atoms with Crippen LogP contribution in [-0.4, -0.2) is 0 Å². The highest BCUT2D eigenvalue weighted by Crippen LogP contribution is 2.31. The van der Waals surface area contributed by atoms with Crippen LogP contribution in [0.3, 0.4) is 0 Å². The molecule has 1 atom stereocenters. The Morgan fingerprint density at radius 1 is 0.900 bits per heavy atom. The van der Waals surface area contributed by atoms with E-state index in [-0.39, 0.29) is 0 Å². The van der Waals surface area contributed by atoms with Gasteiger partial charge < -0.3 is 10.5 Å². The van der Waals surface area contributed by atoms with E-state index in [2.05, 4.69) is 0 Å². The van der Waals surface area contributed by atoms with Crippen LogP contribution in [-0.2, 0) is 0 Å². The number of anilines is 1. The summed E-state index contributed by atoms with van der Waals surface area (Å²) in [7, 11) is 0. The molecule has 4 nitrogen and oxygen atoms in total. The molecular weight excluding hydrogens is 250 g/mol. The van der Waals surface area contributed by atoms with E-state index >= 15 is 0 Å². The van der Waals surface area contributed by atoms with Crippen molar-refractivity contribution in [2.24, 2.45) is 5.92 Å². The highest BCUT2D eigenvalue weighted by Gasteiger charge is 2.25. The van der Waals surface area contributed by atoms with Gasteiger partial charge in [-0.25, -0.2) is 0 Å². The molecule has 1 unspecified atom stereocenters. The van der Waals surface area contributed by atoms with Gasteiger partial charge in [0.1, 0.15) is 5.75 Å². The van der Waals surface area contributed by atoms with Crippen LogP contribution < -0.4 is 10.5 Å². The highest BCUT2D eigenvalue weighted by molar-refractivity contribution is 5.52. The molecule has 0 fully saturated rings. The molecule has 0 aliphatic carbocycles. The van der Waals surface area contributed by atoms with E-state index in [1.807, 2.05) is 42.5 Å². The maximum atomic E-state index is 9.12. The first-order valence-electron chi connectivity index (χ1n) is 6.11. The Hall–Kier alpha value is -2.98. The lowest BCUT2D eigenvalue weighted by Gasteiger charge is -2.21. The first-order valence-corrected chi connectivity index (χ1v) is 6.11. The molecule has 0 spiro atoms. The van der Waals surface area contributed by atoms with Crippen LogP contribution in [0.25, 0.3) is 0 Å². The Bertz CT molecular complexity index is 641. The Morgan fingerprint density at radius 2 is 1.50 bits per heavy atom. The number of rotatable bonds is 4. The molecule has 0 saturated heterocycles. The number of hydrogen-bond donors (Lipinski definition) is 1. The van der Waals surface area contributed by atoms with E-state index in [0.717, 1.165) is 5.56 Å². The summed E-state index contributed by atoms with van der Waals surface area (Å²) in [4.78, 5) is 0. The summed E-state index contributed by atoms with van der Waals surface area (Å²) >= 11 is 0. The highest BCUT2D eigenvalue weighted by atomic mass is 16.5. The quantitative estimate of drug-likeness (QED) is 0.859. The average Bonchev–Trinajstić information content (AvgIpc) is 2.50. The Morgan fingerprint density at radius 3 is 2.10 bits per heavy atom. The number of benzene rings is 2. The van der Waals surface area contributed by atoms with Gasteiger partial charge in [-0.15, -0.1) is 0 Å². The molecule has 2 N–H and O–H groups in total. The first kappa shape index (κ1) is 13.5. The molecule has 4 heteroatoms. The van der Waals surface area contributed by atoms with Gasteiger partial charge >= 0.3 is 0 Å². The van der Waals surface area contributed by atoms with Crippen molar-refractivity contribution in [3.8, 4) is 17.9 Å². The SMILES string of the molecule is N#CC(C#N)C(Oc1ccccc1N)c1ccccc1. The summed E-state index contributed by atoms with van der Waals surface area (Å²) in [5.41, 5.74) is 7.08. The summed E-state index contributed by atoms with van der Waals surface area (Å²) in [6.45, 7) is 0. The zero-order valence-corrected chi connectivity index (χ0v) is 10.7.